The second-order valence-corrected chi connectivity index (χ2v) is 3.88. The maximum absolute atomic E-state index is 13.2. The molecule has 5 heteroatoms. The first-order chi connectivity index (χ1) is 7.67. The molecule has 0 amide bonds. The normalized spacial score (nSPS) is 12.8. The van der Waals surface area contributed by atoms with Crippen molar-refractivity contribution < 1.29 is 9.13 Å². The lowest BCUT2D eigenvalue weighted by Crippen LogP contribution is -2.40. The smallest absolute Gasteiger partial charge is 0.142 e. The molecule has 0 bridgehead atoms. The van der Waals surface area contributed by atoms with Crippen molar-refractivity contribution in [2.45, 2.75) is 19.4 Å². The van der Waals surface area contributed by atoms with Gasteiger partial charge in [-0.05, 0) is 31.0 Å². The highest BCUT2D eigenvalue weighted by Gasteiger charge is 2.09. The van der Waals surface area contributed by atoms with Crippen LogP contribution in [0.1, 0.15) is 12.5 Å². The summed E-state index contributed by atoms with van der Waals surface area (Å²) >= 11 is 5.59. The van der Waals surface area contributed by atoms with Gasteiger partial charge in [-0.15, -0.1) is 0 Å². The van der Waals surface area contributed by atoms with Gasteiger partial charge in [0.15, 0.2) is 0 Å². The molecule has 0 fully saturated rings. The first-order valence-corrected chi connectivity index (χ1v) is 5.53. The van der Waals surface area contributed by atoms with Crippen LogP contribution in [0.2, 0.25) is 5.02 Å². The van der Waals surface area contributed by atoms with Crippen LogP contribution in [-0.4, -0.2) is 19.3 Å². The van der Waals surface area contributed by atoms with Gasteiger partial charge < -0.3 is 4.74 Å². The number of rotatable bonds is 6. The van der Waals surface area contributed by atoms with E-state index >= 15 is 0 Å². The van der Waals surface area contributed by atoms with Crippen LogP contribution < -0.4 is 11.3 Å². The average molecular weight is 247 g/mol. The van der Waals surface area contributed by atoms with Crippen LogP contribution in [0.5, 0.6) is 0 Å². The Labute approximate surface area is 99.7 Å². The molecule has 3 N–H and O–H groups in total. The van der Waals surface area contributed by atoms with E-state index in [0.29, 0.717) is 19.6 Å². The summed E-state index contributed by atoms with van der Waals surface area (Å²) in [5.74, 6) is 4.97. The van der Waals surface area contributed by atoms with E-state index in [4.69, 9.17) is 22.2 Å². The van der Waals surface area contributed by atoms with Gasteiger partial charge in [0.25, 0.3) is 0 Å². The Morgan fingerprint density at radius 1 is 1.56 bits per heavy atom. The minimum atomic E-state index is -0.411. The van der Waals surface area contributed by atoms with E-state index in [-0.39, 0.29) is 11.1 Å². The summed E-state index contributed by atoms with van der Waals surface area (Å²) in [6.07, 6.45) is 0.602. The van der Waals surface area contributed by atoms with Crippen LogP contribution in [0.15, 0.2) is 18.2 Å². The lowest BCUT2D eigenvalue weighted by molar-refractivity contribution is 0.123. The Hall–Kier alpha value is -0.680. The number of halogens is 2. The maximum Gasteiger partial charge on any atom is 0.142 e. The van der Waals surface area contributed by atoms with Crippen LogP contribution in [-0.2, 0) is 11.2 Å². The van der Waals surface area contributed by atoms with Gasteiger partial charge >= 0.3 is 0 Å². The summed E-state index contributed by atoms with van der Waals surface area (Å²) in [5, 5.41) is 0.130. The fourth-order valence-corrected chi connectivity index (χ4v) is 1.49. The summed E-state index contributed by atoms with van der Waals surface area (Å²) in [7, 11) is 0. The minimum absolute atomic E-state index is 0.0273. The van der Waals surface area contributed by atoms with Crippen LogP contribution in [0, 0.1) is 5.82 Å². The molecule has 0 saturated heterocycles. The summed E-state index contributed by atoms with van der Waals surface area (Å²) in [6, 6.07) is 4.71. The van der Waals surface area contributed by atoms with Crippen LogP contribution in [0.25, 0.3) is 0 Å². The Bertz CT molecular complexity index is 336. The molecule has 0 aromatic heterocycles. The number of hydrazine groups is 1. The molecule has 1 rings (SSSR count). The van der Waals surface area contributed by atoms with E-state index in [1.165, 1.54) is 6.07 Å². The van der Waals surface area contributed by atoms with Crippen molar-refractivity contribution >= 4 is 11.6 Å². The summed E-state index contributed by atoms with van der Waals surface area (Å²) in [5.41, 5.74) is 3.48. The number of nitrogens with two attached hydrogens (primary N) is 1. The molecule has 1 unspecified atom stereocenters. The number of hydrogen-bond donors (Lipinski definition) is 2. The zero-order valence-corrected chi connectivity index (χ0v) is 9.93. The monoisotopic (exact) mass is 246 g/mol. The van der Waals surface area contributed by atoms with E-state index < -0.39 is 5.82 Å². The van der Waals surface area contributed by atoms with Gasteiger partial charge in [-0.2, -0.15) is 0 Å². The second-order valence-electron chi connectivity index (χ2n) is 3.48. The molecule has 16 heavy (non-hydrogen) atoms. The fourth-order valence-electron chi connectivity index (χ4n) is 1.38. The molecule has 0 spiro atoms. The van der Waals surface area contributed by atoms with Gasteiger partial charge in [-0.3, -0.25) is 11.3 Å². The van der Waals surface area contributed by atoms with E-state index in [9.17, 15) is 4.39 Å². The lowest BCUT2D eigenvalue weighted by Gasteiger charge is -2.15. The standard InChI is InChI=1S/C11H16ClFN2O/c1-2-16-7-9(15-14)5-8-3-4-10(12)11(13)6-8/h3-4,6,9,15H,2,5,7,14H2,1H3. The Morgan fingerprint density at radius 2 is 2.31 bits per heavy atom. The molecular formula is C11H16ClFN2O. The topological polar surface area (TPSA) is 47.3 Å². The highest BCUT2D eigenvalue weighted by Crippen LogP contribution is 2.16. The van der Waals surface area contributed by atoms with Crippen LogP contribution in [0.3, 0.4) is 0 Å². The van der Waals surface area contributed by atoms with Crippen molar-refractivity contribution in [3.8, 4) is 0 Å². The van der Waals surface area contributed by atoms with Crippen molar-refractivity contribution in [2.75, 3.05) is 13.2 Å². The molecular weight excluding hydrogens is 231 g/mol. The number of benzene rings is 1. The Kier molecular flexibility index (Phi) is 5.69. The van der Waals surface area contributed by atoms with E-state index in [0.717, 1.165) is 5.56 Å². The Morgan fingerprint density at radius 3 is 2.88 bits per heavy atom. The van der Waals surface area contributed by atoms with Gasteiger partial charge in [0.2, 0.25) is 0 Å². The van der Waals surface area contributed by atoms with Crippen LogP contribution >= 0.6 is 11.6 Å². The molecule has 1 aromatic rings. The third-order valence-electron chi connectivity index (χ3n) is 2.22. The van der Waals surface area contributed by atoms with Crippen LogP contribution in [0.4, 0.5) is 4.39 Å². The molecule has 1 aromatic carbocycles. The van der Waals surface area contributed by atoms with Crippen molar-refractivity contribution in [1.29, 1.82) is 0 Å². The van der Waals surface area contributed by atoms with E-state index in [2.05, 4.69) is 5.43 Å². The largest absolute Gasteiger partial charge is 0.380 e. The summed E-state index contributed by atoms with van der Waals surface area (Å²) in [6.45, 7) is 3.04. The summed E-state index contributed by atoms with van der Waals surface area (Å²) in [4.78, 5) is 0. The third-order valence-corrected chi connectivity index (χ3v) is 2.53. The fraction of sp³-hybridized carbons (Fsp3) is 0.455. The zero-order valence-electron chi connectivity index (χ0n) is 9.17. The van der Waals surface area contributed by atoms with Crippen molar-refractivity contribution in [2.24, 2.45) is 5.84 Å². The second kappa shape index (κ2) is 6.81. The quantitative estimate of drug-likeness (QED) is 0.595. The highest BCUT2D eigenvalue weighted by atomic mass is 35.5. The Balaban J connectivity index is 2.59. The predicted octanol–water partition coefficient (Wildman–Crippen LogP) is 1.89. The van der Waals surface area contributed by atoms with E-state index in [1.807, 2.05) is 6.92 Å². The molecule has 0 aliphatic rings. The molecule has 0 radical (unpaired) electrons. The molecule has 3 nitrogen and oxygen atoms in total. The average Bonchev–Trinajstić information content (AvgIpc) is 2.29. The number of nitrogens with one attached hydrogen (secondary N) is 1. The van der Waals surface area contributed by atoms with Gasteiger partial charge in [0.05, 0.1) is 11.6 Å². The van der Waals surface area contributed by atoms with Gasteiger partial charge in [-0.1, -0.05) is 17.7 Å². The third kappa shape index (κ3) is 4.06. The van der Waals surface area contributed by atoms with Gasteiger partial charge in [0.1, 0.15) is 5.82 Å². The minimum Gasteiger partial charge on any atom is -0.380 e. The maximum atomic E-state index is 13.2. The summed E-state index contributed by atoms with van der Waals surface area (Å²) < 4.78 is 18.4. The molecule has 0 saturated carbocycles. The molecule has 0 aliphatic heterocycles. The SMILES string of the molecule is CCOCC(Cc1ccc(Cl)c(F)c1)NN. The number of hydrogen-bond acceptors (Lipinski definition) is 3. The zero-order chi connectivity index (χ0) is 12.0. The molecule has 90 valence electrons. The molecule has 0 heterocycles. The first-order valence-electron chi connectivity index (χ1n) is 5.15. The number of ether oxygens (including phenoxy) is 1. The van der Waals surface area contributed by atoms with E-state index in [1.54, 1.807) is 12.1 Å². The molecule has 0 aliphatic carbocycles. The highest BCUT2D eigenvalue weighted by molar-refractivity contribution is 6.30. The van der Waals surface area contributed by atoms with Crippen molar-refractivity contribution in [3.05, 3.63) is 34.6 Å². The van der Waals surface area contributed by atoms with Gasteiger partial charge in [0, 0.05) is 12.6 Å². The van der Waals surface area contributed by atoms with Gasteiger partial charge in [-0.25, -0.2) is 4.39 Å². The van der Waals surface area contributed by atoms with Crippen molar-refractivity contribution in [3.63, 3.8) is 0 Å². The van der Waals surface area contributed by atoms with Crippen molar-refractivity contribution in [1.82, 2.24) is 5.43 Å². The first kappa shape index (κ1) is 13.4. The lowest BCUT2D eigenvalue weighted by atomic mass is 10.1. The molecule has 1 atom stereocenters. The predicted molar refractivity (Wildman–Crippen MR) is 62.7 cm³/mol.